The number of thiazole rings is 1. The monoisotopic (exact) mass is 570 g/mol. The van der Waals surface area contributed by atoms with Crippen LogP contribution in [0.4, 0.5) is 0 Å². The van der Waals surface area contributed by atoms with Crippen LogP contribution in [0.1, 0.15) is 37.4 Å². The van der Waals surface area contributed by atoms with Crippen LogP contribution in [0.25, 0.3) is 6.08 Å². The van der Waals surface area contributed by atoms with Gasteiger partial charge in [0.05, 0.1) is 36.1 Å². The lowest BCUT2D eigenvalue weighted by molar-refractivity contribution is -0.136. The van der Waals surface area contributed by atoms with E-state index in [1.807, 2.05) is 37.3 Å². The van der Waals surface area contributed by atoms with E-state index in [0.29, 0.717) is 42.8 Å². The summed E-state index contributed by atoms with van der Waals surface area (Å²) in [6.07, 6.45) is 2.21. The second-order valence-corrected chi connectivity index (χ2v) is 9.68. The number of aromatic nitrogens is 1. The van der Waals surface area contributed by atoms with Crippen LogP contribution in [0.3, 0.4) is 0 Å². The minimum absolute atomic E-state index is 0.259. The first-order valence-electron chi connectivity index (χ1n) is 11.0. The van der Waals surface area contributed by atoms with Crippen molar-refractivity contribution in [3.05, 3.63) is 89.0 Å². The largest absolute Gasteiger partial charge is 0.493 e. The molecule has 0 amide bonds. The SMILES string of the molecule is CCC1=C(C(=O)OC)[C@H](c2ccccc2)n2c(s/c(=C\c3cc(OC)c(OC(C)=O)cc3Br)c2=O)=N1. The fraction of sp³-hybridized carbons (Fsp3) is 0.231. The molecule has 0 spiro atoms. The van der Waals surface area contributed by atoms with Gasteiger partial charge in [-0.25, -0.2) is 9.79 Å². The molecule has 2 aromatic carbocycles. The first-order valence-corrected chi connectivity index (χ1v) is 12.6. The van der Waals surface area contributed by atoms with Gasteiger partial charge in [-0.15, -0.1) is 0 Å². The molecule has 2 heterocycles. The van der Waals surface area contributed by atoms with Crippen LogP contribution in [-0.4, -0.2) is 30.7 Å². The molecule has 10 heteroatoms. The molecule has 0 saturated heterocycles. The van der Waals surface area contributed by atoms with E-state index >= 15 is 0 Å². The smallest absolute Gasteiger partial charge is 0.338 e. The van der Waals surface area contributed by atoms with Crippen molar-refractivity contribution in [3.63, 3.8) is 0 Å². The van der Waals surface area contributed by atoms with Gasteiger partial charge in [0, 0.05) is 11.4 Å². The average Bonchev–Trinajstić information content (AvgIpc) is 3.18. The zero-order valence-electron chi connectivity index (χ0n) is 20.0. The Balaban J connectivity index is 1.95. The van der Waals surface area contributed by atoms with E-state index in [-0.39, 0.29) is 11.3 Å². The van der Waals surface area contributed by atoms with Gasteiger partial charge in [0.2, 0.25) is 0 Å². The first-order chi connectivity index (χ1) is 17.3. The van der Waals surface area contributed by atoms with Gasteiger partial charge >= 0.3 is 11.9 Å². The number of fused-ring (bicyclic) bond motifs is 1. The number of esters is 2. The maximum atomic E-state index is 13.7. The Kier molecular flexibility index (Phi) is 7.56. The van der Waals surface area contributed by atoms with Crippen molar-refractivity contribution in [3.8, 4) is 11.5 Å². The molecule has 36 heavy (non-hydrogen) atoms. The number of benzene rings is 2. The Hall–Kier alpha value is -3.50. The van der Waals surface area contributed by atoms with E-state index in [9.17, 15) is 14.4 Å². The Bertz CT molecular complexity index is 1560. The molecular formula is C26H23BrN2O6S. The lowest BCUT2D eigenvalue weighted by atomic mass is 9.95. The molecule has 8 nitrogen and oxygen atoms in total. The van der Waals surface area contributed by atoms with Gasteiger partial charge in [0.1, 0.15) is 0 Å². The highest BCUT2D eigenvalue weighted by molar-refractivity contribution is 9.10. The third kappa shape index (κ3) is 4.78. The van der Waals surface area contributed by atoms with Gasteiger partial charge in [-0.1, -0.05) is 64.5 Å². The predicted octanol–water partition coefficient (Wildman–Crippen LogP) is 3.49. The molecule has 1 aliphatic rings. The van der Waals surface area contributed by atoms with E-state index < -0.39 is 18.0 Å². The number of hydrogen-bond acceptors (Lipinski definition) is 8. The summed E-state index contributed by atoms with van der Waals surface area (Å²) in [5.41, 5.74) is 2.06. The number of halogens is 1. The molecule has 1 atom stereocenters. The highest BCUT2D eigenvalue weighted by Crippen LogP contribution is 2.34. The minimum Gasteiger partial charge on any atom is -0.493 e. The molecule has 1 aliphatic heterocycles. The van der Waals surface area contributed by atoms with Gasteiger partial charge in [-0.2, -0.15) is 0 Å². The average molecular weight is 571 g/mol. The zero-order valence-corrected chi connectivity index (χ0v) is 22.4. The van der Waals surface area contributed by atoms with Crippen molar-refractivity contribution in [1.82, 2.24) is 4.57 Å². The van der Waals surface area contributed by atoms with E-state index in [1.165, 1.54) is 37.0 Å². The number of hydrogen-bond donors (Lipinski definition) is 0. The van der Waals surface area contributed by atoms with Crippen molar-refractivity contribution in [2.45, 2.75) is 26.3 Å². The van der Waals surface area contributed by atoms with E-state index in [1.54, 1.807) is 18.2 Å². The summed E-state index contributed by atoms with van der Waals surface area (Å²) < 4.78 is 18.2. The van der Waals surface area contributed by atoms with E-state index in [0.717, 1.165) is 5.56 Å². The Morgan fingerprint density at radius 3 is 2.50 bits per heavy atom. The standard InChI is InChI=1S/C26H23BrN2O6S/c1-5-18-22(25(32)34-4)23(15-9-7-6-8-10-15)29-24(31)21(36-26(29)28-18)12-16-11-19(33-3)20(13-17(16)27)35-14(2)30/h6-13,23H,5H2,1-4H3/b21-12-/t23-/m0/s1. The molecule has 186 valence electrons. The number of allylic oxidation sites excluding steroid dienone is 1. The van der Waals surface area contributed by atoms with Crippen LogP contribution in [0.15, 0.2) is 68.0 Å². The summed E-state index contributed by atoms with van der Waals surface area (Å²) in [6.45, 7) is 3.21. The molecule has 0 radical (unpaired) electrons. The van der Waals surface area contributed by atoms with Crippen molar-refractivity contribution in [1.29, 1.82) is 0 Å². The third-order valence-corrected chi connectivity index (χ3v) is 7.26. The van der Waals surface area contributed by atoms with Gasteiger partial charge in [0.25, 0.3) is 5.56 Å². The summed E-state index contributed by atoms with van der Waals surface area (Å²) in [6, 6.07) is 12.0. The second kappa shape index (κ2) is 10.6. The summed E-state index contributed by atoms with van der Waals surface area (Å²) in [4.78, 5) is 43.2. The van der Waals surface area contributed by atoms with Crippen LogP contribution >= 0.6 is 27.3 Å². The summed E-state index contributed by atoms with van der Waals surface area (Å²) >= 11 is 4.71. The van der Waals surface area contributed by atoms with Crippen LogP contribution in [0.2, 0.25) is 0 Å². The molecule has 0 unspecified atom stereocenters. The maximum absolute atomic E-state index is 13.7. The Labute approximate surface area is 219 Å². The highest BCUT2D eigenvalue weighted by Gasteiger charge is 2.33. The minimum atomic E-state index is -0.670. The zero-order chi connectivity index (χ0) is 26.0. The second-order valence-electron chi connectivity index (χ2n) is 7.82. The quantitative estimate of drug-likeness (QED) is 0.332. The summed E-state index contributed by atoms with van der Waals surface area (Å²) in [5, 5.41) is 0. The Morgan fingerprint density at radius 1 is 1.17 bits per heavy atom. The fourth-order valence-corrected chi connectivity index (χ4v) is 5.46. The van der Waals surface area contributed by atoms with E-state index in [4.69, 9.17) is 14.2 Å². The van der Waals surface area contributed by atoms with Crippen LogP contribution < -0.4 is 24.4 Å². The van der Waals surface area contributed by atoms with Crippen LogP contribution in [-0.2, 0) is 14.3 Å². The van der Waals surface area contributed by atoms with E-state index in [2.05, 4.69) is 20.9 Å². The maximum Gasteiger partial charge on any atom is 0.338 e. The summed E-state index contributed by atoms with van der Waals surface area (Å²) in [5.74, 6) is -0.395. The molecule has 0 N–H and O–H groups in total. The third-order valence-electron chi connectivity index (χ3n) is 5.59. The fourth-order valence-electron chi connectivity index (χ4n) is 4.01. The highest BCUT2D eigenvalue weighted by atomic mass is 79.9. The number of ether oxygens (including phenoxy) is 3. The molecule has 0 fully saturated rings. The number of methoxy groups -OCH3 is 2. The number of carbonyl (C=O) groups is 2. The topological polar surface area (TPSA) is 96.2 Å². The number of rotatable bonds is 6. The normalized spacial score (nSPS) is 15.2. The number of nitrogens with zero attached hydrogens (tertiary/aromatic N) is 2. The van der Waals surface area contributed by atoms with Crippen LogP contribution in [0.5, 0.6) is 11.5 Å². The van der Waals surface area contributed by atoms with Crippen molar-refractivity contribution >= 4 is 45.3 Å². The van der Waals surface area contributed by atoms with Gasteiger partial charge < -0.3 is 14.2 Å². The first kappa shape index (κ1) is 25.6. The van der Waals surface area contributed by atoms with Gasteiger partial charge in [0.15, 0.2) is 16.3 Å². The Morgan fingerprint density at radius 2 is 1.89 bits per heavy atom. The van der Waals surface area contributed by atoms with Gasteiger partial charge in [-0.3, -0.25) is 14.2 Å². The molecule has 3 aromatic rings. The van der Waals surface area contributed by atoms with Crippen molar-refractivity contribution < 1.29 is 23.8 Å². The molecular weight excluding hydrogens is 548 g/mol. The predicted molar refractivity (Wildman–Crippen MR) is 139 cm³/mol. The number of carbonyl (C=O) groups excluding carboxylic acids is 2. The van der Waals surface area contributed by atoms with Crippen molar-refractivity contribution in [2.75, 3.05) is 14.2 Å². The summed E-state index contributed by atoms with van der Waals surface area (Å²) in [7, 11) is 2.79. The lowest BCUT2D eigenvalue weighted by Crippen LogP contribution is -2.40. The molecule has 4 rings (SSSR count). The van der Waals surface area contributed by atoms with Crippen LogP contribution in [0, 0.1) is 0 Å². The molecule has 1 aromatic heterocycles. The molecule has 0 aliphatic carbocycles. The van der Waals surface area contributed by atoms with Gasteiger partial charge in [-0.05, 0) is 35.8 Å². The van der Waals surface area contributed by atoms with Crippen molar-refractivity contribution in [2.24, 2.45) is 4.99 Å². The lowest BCUT2D eigenvalue weighted by Gasteiger charge is -2.25. The molecule has 0 saturated carbocycles. The molecule has 0 bridgehead atoms.